The zero-order chi connectivity index (χ0) is 23.5. The third-order valence-corrected chi connectivity index (χ3v) is 5.43. The van der Waals surface area contributed by atoms with Crippen LogP contribution < -0.4 is 5.32 Å². The highest BCUT2D eigenvalue weighted by atomic mass is 35.5. The highest BCUT2D eigenvalue weighted by molar-refractivity contribution is 6.30. The van der Waals surface area contributed by atoms with Crippen molar-refractivity contribution in [1.82, 2.24) is 10.2 Å². The van der Waals surface area contributed by atoms with Gasteiger partial charge in [-0.05, 0) is 55.0 Å². The number of halogens is 1. The van der Waals surface area contributed by atoms with E-state index in [0.717, 1.165) is 10.5 Å². The van der Waals surface area contributed by atoms with Gasteiger partial charge in [0, 0.05) is 5.02 Å². The van der Waals surface area contributed by atoms with E-state index in [1.54, 1.807) is 43.3 Å². The van der Waals surface area contributed by atoms with Crippen LogP contribution in [0.5, 0.6) is 0 Å². The van der Waals surface area contributed by atoms with Gasteiger partial charge in [-0.25, -0.2) is 4.79 Å². The second kappa shape index (κ2) is 9.30. The SMILES string of the molecule is CC(NC(=O)COC(=O)c1ccc2c(c1)C(=O)N(Cc1ccco1)C2=O)c1ccc(Cl)cc1. The lowest BCUT2D eigenvalue weighted by molar-refractivity contribution is -0.124. The molecule has 8 nitrogen and oxygen atoms in total. The first-order valence-electron chi connectivity index (χ1n) is 10.1. The van der Waals surface area contributed by atoms with Gasteiger partial charge >= 0.3 is 5.97 Å². The Kier molecular flexibility index (Phi) is 6.28. The van der Waals surface area contributed by atoms with Crippen LogP contribution in [0.1, 0.15) is 55.4 Å². The molecule has 0 fully saturated rings. The molecule has 0 saturated carbocycles. The number of esters is 1. The van der Waals surface area contributed by atoms with E-state index in [4.69, 9.17) is 20.8 Å². The van der Waals surface area contributed by atoms with Crippen LogP contribution in [0.15, 0.2) is 65.3 Å². The molecule has 2 heterocycles. The number of imide groups is 1. The Balaban J connectivity index is 1.36. The maximum absolute atomic E-state index is 12.7. The standard InChI is InChI=1S/C24H19ClN2O6/c1-14(15-4-7-17(25)8-5-15)26-21(28)13-33-24(31)16-6-9-19-20(11-16)23(30)27(22(19)29)12-18-3-2-10-32-18/h2-11,14H,12-13H2,1H3,(H,26,28). The molecule has 3 aromatic rings. The van der Waals surface area contributed by atoms with Gasteiger partial charge in [-0.1, -0.05) is 23.7 Å². The summed E-state index contributed by atoms with van der Waals surface area (Å²) in [6.45, 7) is 1.29. The molecular formula is C24H19ClN2O6. The van der Waals surface area contributed by atoms with E-state index in [0.29, 0.717) is 10.8 Å². The molecule has 0 radical (unpaired) electrons. The molecule has 0 bridgehead atoms. The van der Waals surface area contributed by atoms with Gasteiger partial charge in [-0.3, -0.25) is 19.3 Å². The van der Waals surface area contributed by atoms with Gasteiger partial charge < -0.3 is 14.5 Å². The summed E-state index contributed by atoms with van der Waals surface area (Å²) in [4.78, 5) is 50.9. The minimum absolute atomic E-state index is 0.00883. The van der Waals surface area contributed by atoms with Gasteiger partial charge in [0.15, 0.2) is 6.61 Å². The van der Waals surface area contributed by atoms with E-state index in [1.165, 1.54) is 24.5 Å². The summed E-state index contributed by atoms with van der Waals surface area (Å²) in [6.07, 6.45) is 1.45. The Bertz CT molecular complexity index is 1220. The smallest absolute Gasteiger partial charge is 0.338 e. The van der Waals surface area contributed by atoms with E-state index in [1.807, 2.05) is 0 Å². The van der Waals surface area contributed by atoms with Crippen LogP contribution in [0.3, 0.4) is 0 Å². The maximum Gasteiger partial charge on any atom is 0.338 e. The number of carbonyl (C=O) groups is 4. The summed E-state index contributed by atoms with van der Waals surface area (Å²) in [6, 6.07) is 14.1. The Morgan fingerprint density at radius 1 is 1.06 bits per heavy atom. The highest BCUT2D eigenvalue weighted by Gasteiger charge is 2.36. The number of carbonyl (C=O) groups excluding carboxylic acids is 4. The maximum atomic E-state index is 12.7. The predicted molar refractivity (Wildman–Crippen MR) is 118 cm³/mol. The van der Waals surface area contributed by atoms with Crippen LogP contribution >= 0.6 is 11.6 Å². The largest absolute Gasteiger partial charge is 0.467 e. The Hall–Kier alpha value is -3.91. The van der Waals surface area contributed by atoms with Gasteiger partial charge in [-0.15, -0.1) is 0 Å². The lowest BCUT2D eigenvalue weighted by Gasteiger charge is -2.14. The van der Waals surface area contributed by atoms with Crippen molar-refractivity contribution in [2.75, 3.05) is 6.61 Å². The summed E-state index contributed by atoms with van der Waals surface area (Å²) >= 11 is 5.87. The fourth-order valence-electron chi connectivity index (χ4n) is 3.45. The van der Waals surface area contributed by atoms with E-state index in [2.05, 4.69) is 5.32 Å². The zero-order valence-corrected chi connectivity index (χ0v) is 18.3. The molecule has 0 saturated heterocycles. The molecule has 9 heteroatoms. The third kappa shape index (κ3) is 4.80. The third-order valence-electron chi connectivity index (χ3n) is 5.18. The molecule has 1 N–H and O–H groups in total. The first-order chi connectivity index (χ1) is 15.8. The van der Waals surface area contributed by atoms with Crippen LogP contribution in [0, 0.1) is 0 Å². The minimum atomic E-state index is -0.781. The molecule has 2 aromatic carbocycles. The van der Waals surface area contributed by atoms with Crippen molar-refractivity contribution in [2.45, 2.75) is 19.5 Å². The molecule has 0 spiro atoms. The number of hydrogen-bond donors (Lipinski definition) is 1. The molecule has 1 aromatic heterocycles. The van der Waals surface area contributed by atoms with Crippen LogP contribution in [0.25, 0.3) is 0 Å². The molecule has 1 atom stereocenters. The molecule has 4 rings (SSSR count). The molecule has 168 valence electrons. The summed E-state index contributed by atoms with van der Waals surface area (Å²) < 4.78 is 10.3. The Labute approximate surface area is 194 Å². The van der Waals surface area contributed by atoms with Gasteiger partial charge in [0.25, 0.3) is 17.7 Å². The van der Waals surface area contributed by atoms with Gasteiger partial charge in [0.05, 0.1) is 35.5 Å². The second-order valence-corrected chi connectivity index (χ2v) is 7.89. The Morgan fingerprint density at radius 3 is 2.48 bits per heavy atom. The number of furan rings is 1. The van der Waals surface area contributed by atoms with Crippen molar-refractivity contribution in [3.05, 3.63) is 93.9 Å². The van der Waals surface area contributed by atoms with Crippen molar-refractivity contribution in [3.8, 4) is 0 Å². The molecular weight excluding hydrogens is 448 g/mol. The fourth-order valence-corrected chi connectivity index (χ4v) is 3.58. The number of hydrogen-bond acceptors (Lipinski definition) is 6. The second-order valence-electron chi connectivity index (χ2n) is 7.45. The molecule has 1 unspecified atom stereocenters. The summed E-state index contributed by atoms with van der Waals surface area (Å²) in [5.74, 6) is -1.81. The number of nitrogens with one attached hydrogen (secondary N) is 1. The summed E-state index contributed by atoms with van der Waals surface area (Å²) in [5.41, 5.74) is 1.20. The first kappa shape index (κ1) is 22.3. The van der Waals surface area contributed by atoms with Gasteiger partial charge in [-0.2, -0.15) is 0 Å². The average molecular weight is 467 g/mol. The van der Waals surface area contributed by atoms with Gasteiger partial charge in [0.2, 0.25) is 0 Å². The first-order valence-corrected chi connectivity index (χ1v) is 10.5. The number of rotatable bonds is 7. The van der Waals surface area contributed by atoms with Crippen LogP contribution in [0.2, 0.25) is 5.02 Å². The molecule has 33 heavy (non-hydrogen) atoms. The lowest BCUT2D eigenvalue weighted by Crippen LogP contribution is -2.31. The molecule has 0 aliphatic carbocycles. The van der Waals surface area contributed by atoms with Crippen molar-refractivity contribution in [3.63, 3.8) is 0 Å². The number of amides is 3. The summed E-state index contributed by atoms with van der Waals surface area (Å²) in [7, 11) is 0. The number of fused-ring (bicyclic) bond motifs is 1. The highest BCUT2D eigenvalue weighted by Crippen LogP contribution is 2.26. The van der Waals surface area contributed by atoms with Crippen molar-refractivity contribution in [1.29, 1.82) is 0 Å². The number of ether oxygens (including phenoxy) is 1. The molecule has 1 aliphatic heterocycles. The van der Waals surface area contributed by atoms with E-state index < -0.39 is 30.3 Å². The van der Waals surface area contributed by atoms with E-state index in [9.17, 15) is 19.2 Å². The number of benzene rings is 2. The number of nitrogens with zero attached hydrogens (tertiary/aromatic N) is 1. The van der Waals surface area contributed by atoms with Crippen LogP contribution in [-0.2, 0) is 16.1 Å². The molecule has 3 amide bonds. The normalized spacial score (nSPS) is 13.6. The van der Waals surface area contributed by atoms with Crippen molar-refractivity contribution >= 4 is 35.3 Å². The molecule has 1 aliphatic rings. The van der Waals surface area contributed by atoms with Gasteiger partial charge in [0.1, 0.15) is 5.76 Å². The minimum Gasteiger partial charge on any atom is -0.467 e. The topological polar surface area (TPSA) is 106 Å². The lowest BCUT2D eigenvalue weighted by atomic mass is 10.1. The van der Waals surface area contributed by atoms with E-state index >= 15 is 0 Å². The average Bonchev–Trinajstić information content (AvgIpc) is 3.40. The quantitative estimate of drug-likeness (QED) is 0.419. The van der Waals surface area contributed by atoms with E-state index in [-0.39, 0.29) is 29.3 Å². The fraction of sp³-hybridized carbons (Fsp3) is 0.167. The Morgan fingerprint density at radius 2 is 1.79 bits per heavy atom. The van der Waals surface area contributed by atoms with Crippen molar-refractivity contribution < 1.29 is 28.3 Å². The monoisotopic (exact) mass is 466 g/mol. The predicted octanol–water partition coefficient (Wildman–Crippen LogP) is 3.76. The summed E-state index contributed by atoms with van der Waals surface area (Å²) in [5, 5.41) is 3.32. The van der Waals surface area contributed by atoms with Crippen molar-refractivity contribution in [2.24, 2.45) is 0 Å². The van der Waals surface area contributed by atoms with Crippen LogP contribution in [-0.4, -0.2) is 35.2 Å². The zero-order valence-electron chi connectivity index (χ0n) is 17.5. The van der Waals surface area contributed by atoms with Crippen LogP contribution in [0.4, 0.5) is 0 Å².